The van der Waals surface area contributed by atoms with Gasteiger partial charge in [-0.2, -0.15) is 4.57 Å². The maximum Gasteiger partial charge on any atom is 0.344 e. The predicted molar refractivity (Wildman–Crippen MR) is 102 cm³/mol. The van der Waals surface area contributed by atoms with Gasteiger partial charge in [0, 0.05) is 32.2 Å². The zero-order valence-electron chi connectivity index (χ0n) is 16.7. The molecule has 1 aromatic heterocycles. The van der Waals surface area contributed by atoms with Crippen LogP contribution in [0, 0.1) is 0 Å². The number of alkyl halides is 1. The second kappa shape index (κ2) is 11.0. The highest BCUT2D eigenvalue weighted by Gasteiger charge is 2.54. The molecule has 0 aliphatic carbocycles. The van der Waals surface area contributed by atoms with Crippen molar-refractivity contribution >= 4 is 39.8 Å². The van der Waals surface area contributed by atoms with Crippen molar-refractivity contribution in [3.05, 3.63) is 30.1 Å². The number of pyridine rings is 1. The quantitative estimate of drug-likeness (QED) is 0.227. The summed E-state index contributed by atoms with van der Waals surface area (Å²) in [5.74, 6) is -2.32. The number of carbonyl (C=O) groups excluding carboxylic acids is 4. The maximum absolute atomic E-state index is 12.2. The molecule has 0 amide bonds. The van der Waals surface area contributed by atoms with Gasteiger partial charge in [0.2, 0.25) is 6.10 Å². The normalized spacial score (nSPS) is 22.8. The zero-order valence-corrected chi connectivity index (χ0v) is 18.3. The molecule has 1 aliphatic heterocycles. The summed E-state index contributed by atoms with van der Waals surface area (Å²) < 4.78 is 28.2. The topological polar surface area (TPSA) is 118 Å². The van der Waals surface area contributed by atoms with Crippen LogP contribution in [-0.4, -0.2) is 60.7 Å². The lowest BCUT2D eigenvalue weighted by atomic mass is 10.1. The summed E-state index contributed by atoms with van der Waals surface area (Å²) in [6, 6.07) is 3.15. The highest BCUT2D eigenvalue weighted by molar-refractivity contribution is 9.09. The van der Waals surface area contributed by atoms with Crippen molar-refractivity contribution in [1.82, 2.24) is 0 Å². The van der Waals surface area contributed by atoms with E-state index in [1.165, 1.54) is 31.5 Å². The third kappa shape index (κ3) is 6.49. The first-order valence-corrected chi connectivity index (χ1v) is 10.2. The van der Waals surface area contributed by atoms with Crippen LogP contribution in [0.25, 0.3) is 0 Å². The summed E-state index contributed by atoms with van der Waals surface area (Å²) in [7, 11) is 0. The van der Waals surface area contributed by atoms with Gasteiger partial charge >= 0.3 is 30.1 Å². The fourth-order valence-electron chi connectivity index (χ4n) is 2.92. The smallest absolute Gasteiger partial charge is 0.344 e. The highest BCUT2D eigenvalue weighted by atomic mass is 79.9. The van der Waals surface area contributed by atoms with E-state index >= 15 is 0 Å². The number of carbonyl (C=O) groups is 4. The molecule has 30 heavy (non-hydrogen) atoms. The minimum absolute atomic E-state index is 0.197. The molecule has 1 fully saturated rings. The Balaban J connectivity index is 2.35. The Kier molecular flexibility index (Phi) is 8.72. The van der Waals surface area contributed by atoms with E-state index in [1.807, 2.05) is 0 Å². The van der Waals surface area contributed by atoms with Crippen LogP contribution >= 0.6 is 15.9 Å². The van der Waals surface area contributed by atoms with Gasteiger partial charge in [-0.3, -0.25) is 14.4 Å². The summed E-state index contributed by atoms with van der Waals surface area (Å²) in [5.41, 5.74) is 0.246. The van der Waals surface area contributed by atoms with Crippen molar-refractivity contribution < 1.29 is 47.4 Å². The van der Waals surface area contributed by atoms with E-state index in [0.29, 0.717) is 5.33 Å². The summed E-state index contributed by atoms with van der Waals surface area (Å²) in [6.07, 6.45) is -0.817. The van der Waals surface area contributed by atoms with Crippen LogP contribution in [0.4, 0.5) is 0 Å². The van der Waals surface area contributed by atoms with Crippen LogP contribution in [0.15, 0.2) is 24.5 Å². The Bertz CT molecular complexity index is 800. The Morgan fingerprint density at radius 3 is 2.30 bits per heavy atom. The first-order valence-electron chi connectivity index (χ1n) is 9.10. The molecular weight excluding hydrogens is 466 g/mol. The second-order valence-electron chi connectivity index (χ2n) is 6.38. The van der Waals surface area contributed by atoms with Gasteiger partial charge in [0.25, 0.3) is 0 Å². The Morgan fingerprint density at radius 2 is 1.70 bits per heavy atom. The van der Waals surface area contributed by atoms with Crippen LogP contribution in [0.5, 0.6) is 0 Å². The number of aromatic nitrogens is 1. The largest absolute Gasteiger partial charge is 0.463 e. The lowest BCUT2D eigenvalue weighted by Crippen LogP contribution is -2.48. The first kappa shape index (κ1) is 23.7. The molecule has 1 aromatic rings. The van der Waals surface area contributed by atoms with E-state index < -0.39 is 48.4 Å². The molecule has 10 nitrogen and oxygen atoms in total. The van der Waals surface area contributed by atoms with Crippen molar-refractivity contribution in [3.8, 4) is 0 Å². The molecule has 164 valence electrons. The third-order valence-electron chi connectivity index (χ3n) is 4.00. The van der Waals surface area contributed by atoms with Crippen LogP contribution in [-0.2, 0) is 38.1 Å². The number of esters is 4. The molecule has 0 N–H and O–H groups in total. The molecule has 0 bridgehead atoms. The van der Waals surface area contributed by atoms with Crippen LogP contribution < -0.4 is 4.57 Å². The molecule has 11 heteroatoms. The molecule has 1 aliphatic rings. The maximum atomic E-state index is 12.2. The Hall–Kier alpha value is -2.53. The van der Waals surface area contributed by atoms with Gasteiger partial charge in [-0.25, -0.2) is 4.79 Å². The molecule has 0 saturated carbocycles. The molecule has 2 rings (SSSR count). The van der Waals surface area contributed by atoms with Crippen LogP contribution in [0.1, 0.15) is 37.4 Å². The van der Waals surface area contributed by atoms with Crippen molar-refractivity contribution in [1.29, 1.82) is 0 Å². The van der Waals surface area contributed by atoms with Crippen LogP contribution in [0.2, 0.25) is 0 Å². The SMILES string of the molecule is CC(=O)OC[C@H]1O[C@@H]([n+]2cccc(C(=O)OCCBr)c2)[C@H](OC(C)=O)[C@@H]1OC(C)=O. The molecule has 4 atom stereocenters. The van der Waals surface area contributed by atoms with Gasteiger partial charge in [0.1, 0.15) is 24.9 Å². The van der Waals surface area contributed by atoms with E-state index in [4.69, 9.17) is 23.7 Å². The molecule has 0 spiro atoms. The third-order valence-corrected chi connectivity index (χ3v) is 4.33. The van der Waals surface area contributed by atoms with E-state index in [-0.39, 0.29) is 18.8 Å². The van der Waals surface area contributed by atoms with Gasteiger partial charge in [0.05, 0.1) is 0 Å². The number of hydrogen-bond acceptors (Lipinski definition) is 9. The fraction of sp³-hybridized carbons (Fsp3) is 0.526. The van der Waals surface area contributed by atoms with Gasteiger partial charge in [-0.1, -0.05) is 15.9 Å². The Morgan fingerprint density at radius 1 is 1.03 bits per heavy atom. The number of nitrogens with zero attached hydrogens (tertiary/aromatic N) is 1. The predicted octanol–water partition coefficient (Wildman–Crippen LogP) is 0.850. The van der Waals surface area contributed by atoms with Gasteiger partial charge in [-0.05, 0) is 6.07 Å². The molecule has 0 radical (unpaired) electrons. The fourth-order valence-corrected chi connectivity index (χ4v) is 3.08. The van der Waals surface area contributed by atoms with E-state index in [9.17, 15) is 19.2 Å². The van der Waals surface area contributed by atoms with Gasteiger partial charge < -0.3 is 23.7 Å². The zero-order chi connectivity index (χ0) is 22.3. The lowest BCUT2D eigenvalue weighted by Gasteiger charge is -2.21. The Labute approximate surface area is 181 Å². The van der Waals surface area contributed by atoms with E-state index in [2.05, 4.69) is 15.9 Å². The molecular formula is C19H23BrNO9+. The molecule has 1 saturated heterocycles. The minimum Gasteiger partial charge on any atom is -0.463 e. The number of ether oxygens (including phenoxy) is 5. The highest BCUT2D eigenvalue weighted by Crippen LogP contribution is 2.31. The lowest BCUT2D eigenvalue weighted by molar-refractivity contribution is -0.765. The second-order valence-corrected chi connectivity index (χ2v) is 7.17. The number of rotatable bonds is 8. The van der Waals surface area contributed by atoms with Crippen molar-refractivity contribution in [3.63, 3.8) is 0 Å². The van der Waals surface area contributed by atoms with E-state index in [1.54, 1.807) is 18.3 Å². The standard InChI is InChI=1S/C19H23BrNO9/c1-11(22)27-10-15-16(28-12(2)23)17(29-13(3)24)18(30-15)21-7-4-5-14(9-21)19(25)26-8-6-20/h4-5,7,9,15-18H,6,8,10H2,1-3H3/q+1/t15-,16-,17-,18-/m1/s1. The van der Waals surface area contributed by atoms with Crippen molar-refractivity contribution in [2.75, 3.05) is 18.5 Å². The first-order chi connectivity index (χ1) is 14.2. The van der Waals surface area contributed by atoms with Crippen molar-refractivity contribution in [2.24, 2.45) is 0 Å². The van der Waals surface area contributed by atoms with Crippen LogP contribution in [0.3, 0.4) is 0 Å². The average molecular weight is 489 g/mol. The number of hydrogen-bond donors (Lipinski definition) is 0. The van der Waals surface area contributed by atoms with Gasteiger partial charge in [-0.15, -0.1) is 0 Å². The summed E-state index contributed by atoms with van der Waals surface area (Å²) in [6.45, 7) is 3.63. The monoisotopic (exact) mass is 488 g/mol. The minimum atomic E-state index is -1.04. The van der Waals surface area contributed by atoms with Crippen molar-refractivity contribution in [2.45, 2.75) is 45.3 Å². The molecule has 0 unspecified atom stereocenters. The number of halogens is 1. The molecule has 2 heterocycles. The molecule has 0 aromatic carbocycles. The van der Waals surface area contributed by atoms with Gasteiger partial charge in [0.15, 0.2) is 18.5 Å². The summed E-state index contributed by atoms with van der Waals surface area (Å²) in [4.78, 5) is 46.7. The van der Waals surface area contributed by atoms with E-state index in [0.717, 1.165) is 0 Å². The average Bonchev–Trinajstić information content (AvgIpc) is 3.00. The summed E-state index contributed by atoms with van der Waals surface area (Å²) >= 11 is 3.18. The summed E-state index contributed by atoms with van der Waals surface area (Å²) in [5, 5.41) is 0.494.